The number of carbonyl (C=O) groups excluding carboxylic acids is 4. The lowest BCUT2D eigenvalue weighted by molar-refractivity contribution is -0.131. The summed E-state index contributed by atoms with van der Waals surface area (Å²) in [5.41, 5.74) is 0.532. The fourth-order valence-corrected chi connectivity index (χ4v) is 3.91. The minimum absolute atomic E-state index is 0.160. The molecule has 2 N–H and O–H groups in total. The van der Waals surface area contributed by atoms with Gasteiger partial charge in [0.1, 0.15) is 5.54 Å². The molecule has 5 amide bonds. The first-order chi connectivity index (χ1) is 14.4. The topological polar surface area (TPSA) is 108 Å². The van der Waals surface area contributed by atoms with Gasteiger partial charge in [-0.1, -0.05) is 12.8 Å². The molecule has 1 aliphatic heterocycles. The van der Waals surface area contributed by atoms with Crippen LogP contribution in [-0.4, -0.2) is 54.6 Å². The van der Waals surface area contributed by atoms with Crippen LogP contribution < -0.4 is 15.5 Å². The Morgan fingerprint density at radius 1 is 1.20 bits per heavy atom. The third-order valence-electron chi connectivity index (χ3n) is 5.57. The van der Waals surface area contributed by atoms with Gasteiger partial charge in [-0.3, -0.25) is 19.4 Å². The highest BCUT2D eigenvalue weighted by molar-refractivity contribution is 6.07. The second-order valence-corrected chi connectivity index (χ2v) is 7.63. The molecule has 9 heteroatoms. The summed E-state index contributed by atoms with van der Waals surface area (Å²) < 4.78 is 4.95. The number of hydrogen-bond acceptors (Lipinski definition) is 5. The van der Waals surface area contributed by atoms with Gasteiger partial charge in [0.25, 0.3) is 5.91 Å². The van der Waals surface area contributed by atoms with Gasteiger partial charge >= 0.3 is 12.1 Å². The van der Waals surface area contributed by atoms with Crippen molar-refractivity contribution in [1.82, 2.24) is 10.2 Å². The number of rotatable bonds is 7. The van der Waals surface area contributed by atoms with E-state index in [9.17, 15) is 19.2 Å². The van der Waals surface area contributed by atoms with Crippen LogP contribution in [-0.2, 0) is 14.3 Å². The second kappa shape index (κ2) is 9.15. The molecule has 1 aromatic rings. The number of benzene rings is 1. The van der Waals surface area contributed by atoms with Crippen LogP contribution in [0.3, 0.4) is 0 Å². The van der Waals surface area contributed by atoms with Gasteiger partial charge in [-0.25, -0.2) is 9.59 Å². The molecule has 1 heterocycles. The normalized spacial score (nSPS) is 17.2. The number of carbonyl (C=O) groups is 4. The minimum Gasteiger partial charge on any atom is -0.449 e. The van der Waals surface area contributed by atoms with Crippen molar-refractivity contribution in [2.75, 3.05) is 30.4 Å². The Bertz CT molecular complexity index is 817. The smallest absolute Gasteiger partial charge is 0.413 e. The summed E-state index contributed by atoms with van der Waals surface area (Å²) in [6.07, 6.45) is 3.40. The van der Waals surface area contributed by atoms with Gasteiger partial charge in [-0.05, 0) is 50.5 Å². The summed E-state index contributed by atoms with van der Waals surface area (Å²) in [5, 5.41) is 5.62. The van der Waals surface area contributed by atoms with E-state index in [4.69, 9.17) is 4.74 Å². The van der Waals surface area contributed by atoms with E-state index in [1.54, 1.807) is 38.2 Å². The summed E-state index contributed by atoms with van der Waals surface area (Å²) in [5.74, 6) is -0.365. The lowest BCUT2D eigenvalue weighted by Gasteiger charge is -2.20. The lowest BCUT2D eigenvalue weighted by Crippen LogP contribution is -2.44. The van der Waals surface area contributed by atoms with Crippen LogP contribution >= 0.6 is 0 Å². The quantitative estimate of drug-likeness (QED) is 0.665. The number of nitrogens with one attached hydrogen (secondary N) is 2. The van der Waals surface area contributed by atoms with Crippen LogP contribution in [0.1, 0.15) is 45.4 Å². The van der Waals surface area contributed by atoms with Crippen molar-refractivity contribution >= 4 is 35.3 Å². The highest BCUT2D eigenvalue weighted by atomic mass is 16.6. The molecule has 0 atom stereocenters. The molecule has 1 aliphatic carbocycles. The van der Waals surface area contributed by atoms with Crippen LogP contribution in [0.4, 0.5) is 21.0 Å². The summed E-state index contributed by atoms with van der Waals surface area (Å²) >= 11 is 0. The first kappa shape index (κ1) is 21.6. The zero-order chi connectivity index (χ0) is 21.7. The van der Waals surface area contributed by atoms with Gasteiger partial charge in [-0.2, -0.15) is 0 Å². The van der Waals surface area contributed by atoms with Crippen molar-refractivity contribution in [2.24, 2.45) is 0 Å². The molecule has 1 spiro atoms. The Morgan fingerprint density at radius 3 is 2.50 bits per heavy atom. The van der Waals surface area contributed by atoms with Crippen molar-refractivity contribution in [3.63, 3.8) is 0 Å². The average Bonchev–Trinajstić information content (AvgIpc) is 3.28. The molecule has 30 heavy (non-hydrogen) atoms. The van der Waals surface area contributed by atoms with E-state index >= 15 is 0 Å². The van der Waals surface area contributed by atoms with Crippen LogP contribution in [0.25, 0.3) is 0 Å². The largest absolute Gasteiger partial charge is 0.449 e. The summed E-state index contributed by atoms with van der Waals surface area (Å²) in [7, 11) is 1.61. The number of ether oxygens (including phenoxy) is 1. The number of anilines is 2. The number of amides is 5. The van der Waals surface area contributed by atoms with Gasteiger partial charge in [0.2, 0.25) is 5.91 Å². The number of hydrogen-bond donors (Lipinski definition) is 2. The Morgan fingerprint density at radius 2 is 1.87 bits per heavy atom. The molecule has 2 fully saturated rings. The summed E-state index contributed by atoms with van der Waals surface area (Å²) in [6, 6.07) is 6.46. The van der Waals surface area contributed by atoms with Crippen molar-refractivity contribution < 1.29 is 23.9 Å². The molecule has 3 rings (SSSR count). The maximum atomic E-state index is 12.6. The SMILES string of the molecule is CCOC(=O)N(C)c1ccc(NC(=O)CCCN2C(=O)NC3(CCCC3)C2=O)cc1. The Hall–Kier alpha value is -3.10. The van der Waals surface area contributed by atoms with E-state index in [-0.39, 0.29) is 30.8 Å². The molecular weight excluding hydrogens is 388 g/mol. The number of urea groups is 1. The van der Waals surface area contributed by atoms with Crippen molar-refractivity contribution in [3.8, 4) is 0 Å². The molecule has 0 unspecified atom stereocenters. The lowest BCUT2D eigenvalue weighted by atomic mass is 9.98. The van der Waals surface area contributed by atoms with Gasteiger partial charge in [0.15, 0.2) is 0 Å². The first-order valence-corrected chi connectivity index (χ1v) is 10.3. The fourth-order valence-electron chi connectivity index (χ4n) is 3.91. The predicted molar refractivity (Wildman–Crippen MR) is 111 cm³/mol. The maximum Gasteiger partial charge on any atom is 0.413 e. The molecule has 0 bridgehead atoms. The van der Waals surface area contributed by atoms with Crippen LogP contribution in [0.15, 0.2) is 24.3 Å². The molecule has 9 nitrogen and oxygen atoms in total. The van der Waals surface area contributed by atoms with E-state index < -0.39 is 11.6 Å². The highest BCUT2D eigenvalue weighted by Gasteiger charge is 2.52. The van der Waals surface area contributed by atoms with Gasteiger partial charge in [0.05, 0.1) is 6.61 Å². The van der Waals surface area contributed by atoms with E-state index in [1.807, 2.05) is 0 Å². The molecule has 1 saturated heterocycles. The molecule has 1 saturated carbocycles. The predicted octanol–water partition coefficient (Wildman–Crippen LogP) is 2.86. The van der Waals surface area contributed by atoms with Crippen molar-refractivity contribution in [1.29, 1.82) is 0 Å². The summed E-state index contributed by atoms with van der Waals surface area (Å²) in [6.45, 7) is 2.26. The van der Waals surface area contributed by atoms with E-state index in [0.29, 0.717) is 37.2 Å². The Kier molecular flexibility index (Phi) is 6.59. The van der Waals surface area contributed by atoms with Gasteiger partial charge < -0.3 is 15.4 Å². The minimum atomic E-state index is -0.711. The van der Waals surface area contributed by atoms with Crippen LogP contribution in [0, 0.1) is 0 Å². The Labute approximate surface area is 175 Å². The second-order valence-electron chi connectivity index (χ2n) is 7.63. The van der Waals surface area contributed by atoms with Gasteiger partial charge in [0, 0.05) is 31.4 Å². The molecule has 1 aromatic carbocycles. The van der Waals surface area contributed by atoms with E-state index in [1.165, 1.54) is 9.80 Å². The van der Waals surface area contributed by atoms with E-state index in [0.717, 1.165) is 12.8 Å². The Balaban J connectivity index is 1.45. The van der Waals surface area contributed by atoms with Crippen molar-refractivity contribution in [3.05, 3.63) is 24.3 Å². The molecule has 162 valence electrons. The zero-order valence-electron chi connectivity index (χ0n) is 17.4. The number of imide groups is 1. The zero-order valence-corrected chi connectivity index (χ0v) is 17.4. The molecule has 2 aliphatic rings. The monoisotopic (exact) mass is 416 g/mol. The molecule has 0 aromatic heterocycles. The third-order valence-corrected chi connectivity index (χ3v) is 5.57. The molecular formula is C21H28N4O5. The summed E-state index contributed by atoms with van der Waals surface area (Å²) in [4.78, 5) is 51.3. The fraction of sp³-hybridized carbons (Fsp3) is 0.524. The van der Waals surface area contributed by atoms with Crippen LogP contribution in [0.5, 0.6) is 0 Å². The van der Waals surface area contributed by atoms with Crippen LogP contribution in [0.2, 0.25) is 0 Å². The molecule has 0 radical (unpaired) electrons. The maximum absolute atomic E-state index is 12.6. The average molecular weight is 416 g/mol. The third kappa shape index (κ3) is 4.55. The van der Waals surface area contributed by atoms with E-state index in [2.05, 4.69) is 10.6 Å². The first-order valence-electron chi connectivity index (χ1n) is 10.3. The standard InChI is InChI=1S/C21H28N4O5/c1-3-30-20(29)24(2)16-10-8-15(9-11-16)22-17(26)7-6-14-25-18(27)21(23-19(25)28)12-4-5-13-21/h8-11H,3-7,12-14H2,1-2H3,(H,22,26)(H,23,28). The van der Waals surface area contributed by atoms with Gasteiger partial charge in [-0.15, -0.1) is 0 Å². The number of nitrogens with zero attached hydrogens (tertiary/aromatic N) is 2. The van der Waals surface area contributed by atoms with Crippen molar-refractivity contribution in [2.45, 2.75) is 51.0 Å². The highest BCUT2D eigenvalue weighted by Crippen LogP contribution is 2.35.